The zero-order chi connectivity index (χ0) is 45.1. The molecule has 0 heterocycles. The van der Waals surface area contributed by atoms with E-state index in [0.29, 0.717) is 6.07 Å². The predicted molar refractivity (Wildman–Crippen MR) is 217 cm³/mol. The summed E-state index contributed by atoms with van der Waals surface area (Å²) < 4.78 is 136. The molecule has 7 aromatic carbocycles. The van der Waals surface area contributed by atoms with Gasteiger partial charge in [-0.15, -0.1) is 25.6 Å². The normalized spacial score (nSPS) is 13.1. The Morgan fingerprint density at radius 2 is 0.968 bits per heavy atom. The third-order valence-corrected chi connectivity index (χ3v) is 12.2. The number of azo groups is 3. The molecule has 0 saturated heterocycles. The van der Waals surface area contributed by atoms with Crippen LogP contribution in [0, 0.1) is 0 Å². The topological polar surface area (TPSA) is 373 Å². The Kier molecular flexibility index (Phi) is 10.7. The minimum Gasteiger partial charge on any atom is -0.508 e. The van der Waals surface area contributed by atoms with Crippen LogP contribution in [0.3, 0.4) is 0 Å². The number of phenolic OH excluding ortho intramolecular Hbond substituents is 4. The molecule has 0 fully saturated rings. The molecule has 0 unspecified atom stereocenters. The zero-order valence-corrected chi connectivity index (χ0v) is 33.7. The van der Waals surface area contributed by atoms with Crippen LogP contribution >= 0.6 is 0 Å². The molecule has 62 heavy (non-hydrogen) atoms. The van der Waals surface area contributed by atoms with Crippen molar-refractivity contribution in [2.75, 3.05) is 0 Å². The third kappa shape index (κ3) is 8.73. The van der Waals surface area contributed by atoms with Gasteiger partial charge in [-0.25, -0.2) is 0 Å². The first-order valence-corrected chi connectivity index (χ1v) is 22.5. The number of nitrogens with zero attached hydrogens (tertiary/aromatic N) is 6. The Hall–Kier alpha value is -7.04. The zero-order valence-electron chi connectivity index (χ0n) is 30.4. The fourth-order valence-electron chi connectivity index (χ4n) is 6.03. The van der Waals surface area contributed by atoms with Crippen LogP contribution in [-0.4, -0.2) is 72.3 Å². The summed E-state index contributed by atoms with van der Waals surface area (Å²) in [6.45, 7) is 0. The van der Waals surface area contributed by atoms with Crippen LogP contribution in [0.4, 0.5) is 34.1 Å². The maximum absolute atomic E-state index is 12.5. The second-order valence-electron chi connectivity index (χ2n) is 12.9. The van der Waals surface area contributed by atoms with Gasteiger partial charge >= 0.3 is 0 Å². The molecule has 0 bridgehead atoms. The van der Waals surface area contributed by atoms with Crippen molar-refractivity contribution in [3.8, 4) is 23.0 Å². The van der Waals surface area contributed by atoms with E-state index < -0.39 is 88.7 Å². The van der Waals surface area contributed by atoms with E-state index in [2.05, 4.69) is 30.7 Å². The maximum atomic E-state index is 12.5. The summed E-state index contributed by atoms with van der Waals surface area (Å²) >= 11 is 0. The van der Waals surface area contributed by atoms with Crippen LogP contribution in [-0.2, 0) is 40.5 Å². The van der Waals surface area contributed by atoms with Crippen molar-refractivity contribution >= 4 is 107 Å². The van der Waals surface area contributed by atoms with Crippen LogP contribution < -0.4 is 0 Å². The molecule has 8 N–H and O–H groups in total. The summed E-state index contributed by atoms with van der Waals surface area (Å²) in [6, 6.07) is 16.8. The first kappa shape index (κ1) is 43.1. The van der Waals surface area contributed by atoms with Crippen molar-refractivity contribution in [3.05, 3.63) is 97.1 Å². The Balaban J connectivity index is 1.37. The van der Waals surface area contributed by atoms with Gasteiger partial charge in [0.15, 0.2) is 5.75 Å². The summed E-state index contributed by atoms with van der Waals surface area (Å²) in [5.41, 5.74) is -1.59. The molecule has 318 valence electrons. The molecule has 22 nitrogen and oxygen atoms in total. The second kappa shape index (κ2) is 15.5. The lowest BCUT2D eigenvalue weighted by atomic mass is 10.1. The molecule has 0 atom stereocenters. The fourth-order valence-corrected chi connectivity index (χ4v) is 8.27. The highest BCUT2D eigenvalue weighted by atomic mass is 32.2. The van der Waals surface area contributed by atoms with E-state index in [1.807, 2.05) is 0 Å². The van der Waals surface area contributed by atoms with Crippen molar-refractivity contribution in [1.82, 2.24) is 0 Å². The van der Waals surface area contributed by atoms with Crippen molar-refractivity contribution in [1.29, 1.82) is 0 Å². The molecule has 0 aliphatic heterocycles. The SMILES string of the molecule is O=S(=O)(O)c1cc(O)c2c(N=Nc3ccc(N=Nc4c(S(=O)(=O)O)cc5ccc(N=Nc6ccc(O)cc6O)cc5c4O)c4cc(S(=O)(=O)O)ccc34)cc(S(=O)(=O)O)cc2c1. The van der Waals surface area contributed by atoms with Crippen molar-refractivity contribution in [3.63, 3.8) is 0 Å². The van der Waals surface area contributed by atoms with Gasteiger partial charge in [-0.3, -0.25) is 18.2 Å². The summed E-state index contributed by atoms with van der Waals surface area (Å²) in [5, 5.41) is 64.7. The van der Waals surface area contributed by atoms with Crippen LogP contribution in [0.1, 0.15) is 0 Å². The number of hydrogen-bond donors (Lipinski definition) is 8. The number of benzene rings is 7. The van der Waals surface area contributed by atoms with Gasteiger partial charge in [0.2, 0.25) is 0 Å². The summed E-state index contributed by atoms with van der Waals surface area (Å²) in [5.74, 6) is -2.27. The van der Waals surface area contributed by atoms with Gasteiger partial charge in [0.05, 0.1) is 42.8 Å². The number of fused-ring (bicyclic) bond motifs is 3. The first-order valence-electron chi connectivity index (χ1n) is 16.7. The Morgan fingerprint density at radius 3 is 1.60 bits per heavy atom. The highest BCUT2D eigenvalue weighted by Crippen LogP contribution is 2.45. The van der Waals surface area contributed by atoms with Gasteiger partial charge in [-0.2, -0.15) is 38.8 Å². The van der Waals surface area contributed by atoms with E-state index >= 15 is 0 Å². The summed E-state index contributed by atoms with van der Waals surface area (Å²) in [4.78, 5) is -3.23. The Labute approximate surface area is 348 Å². The molecular weight excluding hydrogens is 901 g/mol. The average molecular weight is 925 g/mol. The predicted octanol–water partition coefficient (Wildman–Crippen LogP) is 8.20. The molecule has 7 rings (SSSR count). The van der Waals surface area contributed by atoms with Crippen LogP contribution in [0.15, 0.2) is 147 Å². The van der Waals surface area contributed by atoms with Gasteiger partial charge in [0, 0.05) is 28.3 Å². The molecular formula is C36H24N6O16S4. The molecule has 0 saturated carbocycles. The minimum atomic E-state index is -5.12. The lowest BCUT2D eigenvalue weighted by Crippen LogP contribution is -2.00. The van der Waals surface area contributed by atoms with Crippen molar-refractivity contribution < 1.29 is 72.3 Å². The second-order valence-corrected chi connectivity index (χ2v) is 18.6. The van der Waals surface area contributed by atoms with Crippen LogP contribution in [0.5, 0.6) is 23.0 Å². The van der Waals surface area contributed by atoms with Gasteiger partial charge in [-0.05, 0) is 83.6 Å². The smallest absolute Gasteiger partial charge is 0.296 e. The number of rotatable bonds is 10. The quantitative estimate of drug-likeness (QED) is 0.0473. The third-order valence-electron chi connectivity index (χ3n) is 8.86. The van der Waals surface area contributed by atoms with Crippen LogP contribution in [0.25, 0.3) is 32.3 Å². The monoisotopic (exact) mass is 924 g/mol. The largest absolute Gasteiger partial charge is 0.508 e. The van der Waals surface area contributed by atoms with Crippen molar-refractivity contribution in [2.24, 2.45) is 30.7 Å². The number of phenols is 4. The molecule has 0 radical (unpaired) electrons. The standard InChI is InChI=1S/C36H24N6O16S4/c43-20-3-6-29(31(44)13-20)40-37-19-2-1-17-11-33(62(56,57)58)35(36(46)25(17)12-19)42-39-28-8-7-27(24-5-4-21(14-26(24)28)59(47,48)49)38-41-30-15-22(60(50,51)52)9-18-10-23(61(53,54)55)16-32(45)34(18)30/h1-16,43-46H,(H,47,48,49)(H,50,51,52)(H,53,54,55)(H,56,57,58). The van der Waals surface area contributed by atoms with Gasteiger partial charge in [0.1, 0.15) is 33.5 Å². The van der Waals surface area contributed by atoms with Crippen molar-refractivity contribution in [2.45, 2.75) is 19.6 Å². The van der Waals surface area contributed by atoms with E-state index in [4.69, 9.17) is 0 Å². The highest BCUT2D eigenvalue weighted by Gasteiger charge is 2.24. The van der Waals surface area contributed by atoms with E-state index in [1.165, 1.54) is 36.4 Å². The molecule has 0 aromatic heterocycles. The molecule has 26 heteroatoms. The lowest BCUT2D eigenvalue weighted by Gasteiger charge is -2.10. The Morgan fingerprint density at radius 1 is 0.387 bits per heavy atom. The summed E-state index contributed by atoms with van der Waals surface area (Å²) in [7, 11) is -19.9. The van der Waals surface area contributed by atoms with Crippen LogP contribution in [0.2, 0.25) is 0 Å². The number of hydrogen-bond acceptors (Lipinski definition) is 18. The first-order chi connectivity index (χ1) is 28.9. The average Bonchev–Trinajstić information content (AvgIpc) is 3.17. The Bertz CT molecular complexity index is 3630. The number of aromatic hydroxyl groups is 4. The maximum Gasteiger partial charge on any atom is 0.296 e. The van der Waals surface area contributed by atoms with E-state index in [9.17, 15) is 72.3 Å². The van der Waals surface area contributed by atoms with E-state index in [0.717, 1.165) is 54.6 Å². The molecule has 0 aliphatic carbocycles. The van der Waals surface area contributed by atoms with E-state index in [-0.39, 0.29) is 60.8 Å². The van der Waals surface area contributed by atoms with Gasteiger partial charge in [0.25, 0.3) is 40.5 Å². The highest BCUT2D eigenvalue weighted by molar-refractivity contribution is 7.86. The molecule has 0 spiro atoms. The molecule has 7 aromatic rings. The minimum absolute atomic E-state index is 0.00173. The van der Waals surface area contributed by atoms with Gasteiger partial charge in [-0.1, -0.05) is 12.1 Å². The van der Waals surface area contributed by atoms with E-state index in [1.54, 1.807) is 0 Å². The fraction of sp³-hybridized carbons (Fsp3) is 0. The lowest BCUT2D eigenvalue weighted by molar-refractivity contribution is 0.451. The van der Waals surface area contributed by atoms with Gasteiger partial charge < -0.3 is 20.4 Å². The molecule has 0 amide bonds. The molecule has 0 aliphatic rings. The summed E-state index contributed by atoms with van der Waals surface area (Å²) in [6.07, 6.45) is 0.